The van der Waals surface area contributed by atoms with Crippen LogP contribution in [0.25, 0.3) is 10.8 Å². The lowest BCUT2D eigenvalue weighted by molar-refractivity contribution is -0.138. The van der Waals surface area contributed by atoms with E-state index in [0.717, 1.165) is 216 Å². The monoisotopic (exact) mass is 877 g/mol. The van der Waals surface area contributed by atoms with Crippen molar-refractivity contribution in [2.75, 3.05) is 0 Å². The van der Waals surface area contributed by atoms with Gasteiger partial charge in [-0.1, -0.05) is 152 Å². The van der Waals surface area contributed by atoms with Gasteiger partial charge in [0.2, 0.25) is 0 Å². The molecule has 4 N–H and O–H groups in total. The normalized spacial score (nSPS) is 11.4. The number of aliphatic carboxylic acids is 4. The van der Waals surface area contributed by atoms with Crippen molar-refractivity contribution in [1.29, 1.82) is 0 Å². The van der Waals surface area contributed by atoms with Crippen LogP contribution in [-0.4, -0.2) is 44.3 Å². The van der Waals surface area contributed by atoms with Gasteiger partial charge in [0.05, 0.1) is 0 Å². The lowest BCUT2D eigenvalue weighted by Gasteiger charge is -2.22. The number of rotatable bonds is 40. The van der Waals surface area contributed by atoms with Crippen LogP contribution in [0.4, 0.5) is 0 Å². The smallest absolute Gasteiger partial charge is 0.303 e. The minimum Gasteiger partial charge on any atom is -0.481 e. The molecule has 0 aliphatic rings. The summed E-state index contributed by atoms with van der Waals surface area (Å²) < 4.78 is 0. The summed E-state index contributed by atoms with van der Waals surface area (Å²) >= 11 is 14.6. The van der Waals surface area contributed by atoms with Gasteiger partial charge in [0.15, 0.2) is 0 Å². The molecule has 0 heterocycles. The third kappa shape index (κ3) is 24.6. The highest BCUT2D eigenvalue weighted by Gasteiger charge is 2.20. The predicted octanol–water partition coefficient (Wildman–Crippen LogP) is 15.1. The van der Waals surface area contributed by atoms with Crippen LogP contribution in [-0.2, 0) is 44.9 Å². The summed E-state index contributed by atoms with van der Waals surface area (Å²) in [5.74, 6) is -2.88. The summed E-state index contributed by atoms with van der Waals surface area (Å²) in [5.41, 5.74) is 5.07. The molecule has 60 heavy (non-hydrogen) atoms. The van der Waals surface area contributed by atoms with E-state index in [-0.39, 0.29) is 25.7 Å². The zero-order valence-electron chi connectivity index (χ0n) is 36.8. The van der Waals surface area contributed by atoms with Crippen molar-refractivity contribution in [3.8, 4) is 0 Å². The molecule has 0 atom stereocenters. The largest absolute Gasteiger partial charge is 0.481 e. The lowest BCUT2D eigenvalue weighted by Crippen LogP contribution is -2.04. The van der Waals surface area contributed by atoms with Gasteiger partial charge in [0.1, 0.15) is 0 Å². The molecule has 0 spiro atoms. The maximum atomic E-state index is 10.9. The zero-order chi connectivity index (χ0) is 43.8. The van der Waals surface area contributed by atoms with Crippen LogP contribution in [0.15, 0.2) is 12.1 Å². The van der Waals surface area contributed by atoms with Crippen molar-refractivity contribution in [3.63, 3.8) is 0 Å². The average Bonchev–Trinajstić information content (AvgIpc) is 3.19. The Morgan fingerprint density at radius 2 is 0.533 bits per heavy atom. The van der Waals surface area contributed by atoms with E-state index in [1.807, 2.05) is 0 Å². The Morgan fingerprint density at radius 1 is 0.317 bits per heavy atom. The molecular formula is C50H78Cl2O8. The number of carbonyl (C=O) groups is 4. The molecule has 8 nitrogen and oxygen atoms in total. The minimum absolute atomic E-state index is 0.245. The fourth-order valence-corrected chi connectivity index (χ4v) is 9.27. The summed E-state index contributed by atoms with van der Waals surface area (Å²) in [7, 11) is 0. The van der Waals surface area contributed by atoms with Crippen LogP contribution in [0.5, 0.6) is 0 Å². The number of aryl methyl sites for hydroxylation is 4. The zero-order valence-corrected chi connectivity index (χ0v) is 38.3. The van der Waals surface area contributed by atoms with E-state index in [2.05, 4.69) is 12.1 Å². The summed E-state index contributed by atoms with van der Waals surface area (Å²) in [5, 5.41) is 40.1. The van der Waals surface area contributed by atoms with Gasteiger partial charge in [0, 0.05) is 35.7 Å². The molecule has 0 fully saturated rings. The van der Waals surface area contributed by atoms with E-state index in [1.165, 1.54) is 33.0 Å². The first-order chi connectivity index (χ1) is 29.0. The number of fused-ring (bicyclic) bond motifs is 1. The van der Waals surface area contributed by atoms with Gasteiger partial charge in [-0.15, -0.1) is 0 Å². The van der Waals surface area contributed by atoms with Crippen LogP contribution in [0, 0.1) is 0 Å². The first-order valence-electron chi connectivity index (χ1n) is 23.8. The van der Waals surface area contributed by atoms with E-state index in [1.54, 1.807) is 0 Å². The van der Waals surface area contributed by atoms with Crippen LogP contribution in [0.3, 0.4) is 0 Å². The molecule has 0 unspecified atom stereocenters. The maximum absolute atomic E-state index is 10.9. The van der Waals surface area contributed by atoms with Crippen LogP contribution in [0.2, 0.25) is 10.0 Å². The Balaban J connectivity index is 2.28. The highest BCUT2D eigenvalue weighted by Crippen LogP contribution is 2.41. The summed E-state index contributed by atoms with van der Waals surface area (Å²) in [6, 6.07) is 4.49. The first kappa shape index (κ1) is 53.3. The van der Waals surface area contributed by atoms with E-state index in [4.69, 9.17) is 43.6 Å². The highest BCUT2D eigenvalue weighted by molar-refractivity contribution is 6.34. The van der Waals surface area contributed by atoms with Gasteiger partial charge >= 0.3 is 23.9 Å². The van der Waals surface area contributed by atoms with Crippen molar-refractivity contribution in [1.82, 2.24) is 0 Å². The summed E-state index contributed by atoms with van der Waals surface area (Å²) in [6.07, 6.45) is 33.4. The molecule has 0 saturated carbocycles. The number of unbranched alkanes of at least 4 members (excludes halogenated alkanes) is 24. The molecule has 2 aromatic rings. The topological polar surface area (TPSA) is 149 Å². The van der Waals surface area contributed by atoms with Crippen LogP contribution >= 0.6 is 23.2 Å². The molecule has 0 aliphatic carbocycles. The van der Waals surface area contributed by atoms with Gasteiger partial charge < -0.3 is 20.4 Å². The molecule has 0 aromatic heterocycles. The Labute approximate surface area is 371 Å². The van der Waals surface area contributed by atoms with E-state index < -0.39 is 23.9 Å². The number of carboxylic acids is 4. The van der Waals surface area contributed by atoms with Gasteiger partial charge in [-0.25, -0.2) is 0 Å². The predicted molar refractivity (Wildman–Crippen MR) is 247 cm³/mol. The second kappa shape index (κ2) is 33.7. The molecule has 2 rings (SSSR count). The van der Waals surface area contributed by atoms with Crippen molar-refractivity contribution >= 4 is 57.9 Å². The number of carboxylic acid groups (broad SMARTS) is 4. The Hall–Kier alpha value is -2.84. The lowest BCUT2D eigenvalue weighted by atomic mass is 9.85. The van der Waals surface area contributed by atoms with Gasteiger partial charge in [-0.05, 0) is 122 Å². The Morgan fingerprint density at radius 3 is 0.783 bits per heavy atom. The van der Waals surface area contributed by atoms with Crippen molar-refractivity contribution < 1.29 is 39.6 Å². The second-order valence-electron chi connectivity index (χ2n) is 17.2. The van der Waals surface area contributed by atoms with Crippen molar-refractivity contribution in [2.24, 2.45) is 0 Å². The third-order valence-corrected chi connectivity index (χ3v) is 12.7. The molecule has 0 aliphatic heterocycles. The van der Waals surface area contributed by atoms with Crippen molar-refractivity contribution in [3.05, 3.63) is 44.4 Å². The molecule has 340 valence electrons. The van der Waals surface area contributed by atoms with E-state index in [9.17, 15) is 19.2 Å². The molecule has 2 aromatic carbocycles. The first-order valence-corrected chi connectivity index (χ1v) is 24.6. The number of hydrogen-bond acceptors (Lipinski definition) is 4. The average molecular weight is 878 g/mol. The van der Waals surface area contributed by atoms with Crippen molar-refractivity contribution in [2.45, 2.75) is 231 Å². The number of halogens is 2. The highest BCUT2D eigenvalue weighted by atomic mass is 35.5. The Bertz CT molecular complexity index is 1430. The fraction of sp³-hybridized carbons (Fsp3) is 0.720. The van der Waals surface area contributed by atoms with Gasteiger partial charge in [-0.3, -0.25) is 19.2 Å². The third-order valence-electron chi connectivity index (χ3n) is 12.0. The fourth-order valence-electron chi connectivity index (χ4n) is 8.63. The SMILES string of the molecule is O=C(O)CCCCCCCCCc1cc(Cl)c(CCCCCCCCCC(=O)O)c2c(CCCCCCCCCC(=O)O)c(Cl)cc(CCCCCCCCCC(=O)O)c12. The molecule has 0 bridgehead atoms. The minimum atomic E-state index is -0.721. The maximum Gasteiger partial charge on any atom is 0.303 e. The molecule has 0 saturated heterocycles. The Kier molecular flexibility index (Phi) is 30.0. The quantitative estimate of drug-likeness (QED) is 0.0484. The van der Waals surface area contributed by atoms with Gasteiger partial charge in [0.25, 0.3) is 0 Å². The molecule has 10 heteroatoms. The summed E-state index contributed by atoms with van der Waals surface area (Å²) in [6.45, 7) is 0. The molecular weight excluding hydrogens is 799 g/mol. The second-order valence-corrected chi connectivity index (χ2v) is 18.0. The molecule has 0 amide bonds. The molecule has 0 radical (unpaired) electrons. The standard InChI is InChI=1S/C50H78Cl2O8/c51-43-37-39(29-21-13-5-1-9-17-25-33-45(53)54)49-40(30-22-14-6-2-10-18-26-34-46(55)56)38-44(52)42(32-24-16-8-4-12-20-28-36-48(59)60)50(49)41(43)31-23-15-7-3-11-19-27-35-47(57)58/h37-38H,1-36H2,(H,53,54)(H,55,56)(H,57,58)(H,59,60). The summed E-state index contributed by atoms with van der Waals surface area (Å²) in [4.78, 5) is 43.5. The van der Waals surface area contributed by atoms with Crippen LogP contribution in [0.1, 0.15) is 228 Å². The van der Waals surface area contributed by atoms with E-state index in [0.29, 0.717) is 0 Å². The van der Waals surface area contributed by atoms with Crippen LogP contribution < -0.4 is 0 Å². The van der Waals surface area contributed by atoms with Gasteiger partial charge in [-0.2, -0.15) is 0 Å². The number of benzene rings is 2. The van der Waals surface area contributed by atoms with E-state index >= 15 is 0 Å². The number of hydrogen-bond donors (Lipinski definition) is 4.